The topological polar surface area (TPSA) is 105 Å². The third-order valence-corrected chi connectivity index (χ3v) is 7.12. The maximum atomic E-state index is 12.8. The molecule has 2 aliphatic carbocycles. The summed E-state index contributed by atoms with van der Waals surface area (Å²) in [6, 6.07) is 15.9. The van der Waals surface area contributed by atoms with Gasteiger partial charge in [-0.3, -0.25) is 9.59 Å². The van der Waals surface area contributed by atoms with Gasteiger partial charge in [0.2, 0.25) is 5.91 Å². The summed E-state index contributed by atoms with van der Waals surface area (Å²) < 4.78 is 5.66. The fourth-order valence-corrected chi connectivity index (χ4v) is 5.47. The van der Waals surface area contributed by atoms with E-state index in [9.17, 15) is 14.4 Å². The predicted octanol–water partition coefficient (Wildman–Crippen LogP) is 4.84. The lowest BCUT2D eigenvalue weighted by Crippen LogP contribution is -2.45. The van der Waals surface area contributed by atoms with E-state index in [0.29, 0.717) is 12.8 Å². The van der Waals surface area contributed by atoms with Crippen molar-refractivity contribution in [3.63, 3.8) is 0 Å². The van der Waals surface area contributed by atoms with Gasteiger partial charge in [0.1, 0.15) is 6.61 Å². The molecule has 7 nitrogen and oxygen atoms in total. The first-order valence-electron chi connectivity index (χ1n) is 12.6. The molecule has 1 fully saturated rings. The molecule has 2 aromatic carbocycles. The molecule has 7 heteroatoms. The Hall–Kier alpha value is -3.35. The number of carboxylic acids is 1. The Morgan fingerprint density at radius 1 is 1.03 bits per heavy atom. The van der Waals surface area contributed by atoms with Crippen molar-refractivity contribution >= 4 is 18.0 Å². The molecule has 35 heavy (non-hydrogen) atoms. The van der Waals surface area contributed by atoms with E-state index in [1.165, 1.54) is 22.3 Å². The van der Waals surface area contributed by atoms with Crippen molar-refractivity contribution < 1.29 is 24.2 Å². The fraction of sp³-hybridized carbons (Fsp3) is 0.464. The Kier molecular flexibility index (Phi) is 8.06. The van der Waals surface area contributed by atoms with Crippen LogP contribution in [-0.4, -0.2) is 41.8 Å². The Morgan fingerprint density at radius 2 is 1.69 bits per heavy atom. The Morgan fingerprint density at radius 3 is 2.31 bits per heavy atom. The van der Waals surface area contributed by atoms with Crippen LogP contribution in [-0.2, 0) is 14.3 Å². The maximum absolute atomic E-state index is 12.8. The number of fused-ring (bicyclic) bond motifs is 3. The Balaban J connectivity index is 1.30. The first-order valence-corrected chi connectivity index (χ1v) is 12.6. The maximum Gasteiger partial charge on any atom is 0.407 e. The van der Waals surface area contributed by atoms with Gasteiger partial charge in [-0.15, -0.1) is 0 Å². The van der Waals surface area contributed by atoms with Crippen molar-refractivity contribution in [2.75, 3.05) is 6.61 Å². The number of benzene rings is 2. The number of hydrogen-bond donors (Lipinski definition) is 3. The average molecular weight is 479 g/mol. The highest BCUT2D eigenvalue weighted by Crippen LogP contribution is 2.44. The van der Waals surface area contributed by atoms with E-state index in [4.69, 9.17) is 9.84 Å². The van der Waals surface area contributed by atoms with Gasteiger partial charge in [-0.05, 0) is 47.9 Å². The molecular formula is C28H34N2O5. The SMILES string of the molecule is CCC[C@@H](CC(=O)O)NC(=O)[C@@H]1CCC[C@H](NC(=O)OCC2c3ccccc3-c3ccccc32)C1. The summed E-state index contributed by atoms with van der Waals surface area (Å²) in [6.07, 6.45) is 3.77. The second-order valence-electron chi connectivity index (χ2n) is 9.62. The lowest BCUT2D eigenvalue weighted by Gasteiger charge is -2.30. The molecule has 0 spiro atoms. The molecule has 2 aromatic rings. The first kappa shape index (κ1) is 24.8. The van der Waals surface area contributed by atoms with Crippen molar-refractivity contribution in [2.45, 2.75) is 69.9 Å². The second-order valence-corrected chi connectivity index (χ2v) is 9.62. The highest BCUT2D eigenvalue weighted by atomic mass is 16.5. The van der Waals surface area contributed by atoms with Crippen LogP contribution in [0.2, 0.25) is 0 Å². The summed E-state index contributed by atoms with van der Waals surface area (Å²) in [4.78, 5) is 36.5. The van der Waals surface area contributed by atoms with Crippen LogP contribution < -0.4 is 10.6 Å². The number of ether oxygens (including phenoxy) is 1. The number of carbonyl (C=O) groups is 3. The molecule has 4 rings (SSSR count). The van der Waals surface area contributed by atoms with Crippen molar-refractivity contribution in [3.8, 4) is 11.1 Å². The monoisotopic (exact) mass is 478 g/mol. The lowest BCUT2D eigenvalue weighted by atomic mass is 9.85. The fourth-order valence-electron chi connectivity index (χ4n) is 5.47. The van der Waals surface area contributed by atoms with E-state index in [2.05, 4.69) is 34.9 Å². The van der Waals surface area contributed by atoms with Crippen LogP contribution in [0.25, 0.3) is 11.1 Å². The molecule has 0 bridgehead atoms. The Labute approximate surface area is 206 Å². The third kappa shape index (κ3) is 6.02. The normalized spacial score (nSPS) is 19.8. The summed E-state index contributed by atoms with van der Waals surface area (Å²) in [5, 5.41) is 15.0. The van der Waals surface area contributed by atoms with Crippen LogP contribution in [0.4, 0.5) is 4.79 Å². The molecule has 2 amide bonds. The van der Waals surface area contributed by atoms with Gasteiger partial charge in [0.15, 0.2) is 0 Å². The van der Waals surface area contributed by atoms with Crippen molar-refractivity contribution in [1.29, 1.82) is 0 Å². The van der Waals surface area contributed by atoms with Crippen LogP contribution >= 0.6 is 0 Å². The Bertz CT molecular complexity index is 1020. The van der Waals surface area contributed by atoms with E-state index in [-0.39, 0.29) is 42.9 Å². The highest BCUT2D eigenvalue weighted by Gasteiger charge is 2.31. The van der Waals surface area contributed by atoms with Gasteiger partial charge in [-0.25, -0.2) is 4.79 Å². The molecule has 1 saturated carbocycles. The van der Waals surface area contributed by atoms with Crippen LogP contribution in [0, 0.1) is 5.92 Å². The van der Waals surface area contributed by atoms with Gasteiger partial charge in [-0.2, -0.15) is 0 Å². The summed E-state index contributed by atoms with van der Waals surface area (Å²) in [5.41, 5.74) is 4.70. The van der Waals surface area contributed by atoms with E-state index in [0.717, 1.165) is 25.7 Å². The summed E-state index contributed by atoms with van der Waals surface area (Å²) in [5.74, 6) is -1.27. The minimum Gasteiger partial charge on any atom is -0.481 e. The van der Waals surface area contributed by atoms with Gasteiger partial charge in [0.25, 0.3) is 0 Å². The molecule has 2 aliphatic rings. The molecule has 0 radical (unpaired) electrons. The smallest absolute Gasteiger partial charge is 0.407 e. The molecule has 0 aromatic heterocycles. The van der Waals surface area contributed by atoms with Gasteiger partial charge in [0.05, 0.1) is 6.42 Å². The van der Waals surface area contributed by atoms with Crippen molar-refractivity contribution in [3.05, 3.63) is 59.7 Å². The summed E-state index contributed by atoms with van der Waals surface area (Å²) in [7, 11) is 0. The van der Waals surface area contributed by atoms with Gasteiger partial charge in [0, 0.05) is 23.9 Å². The molecule has 0 heterocycles. The molecule has 3 N–H and O–H groups in total. The highest BCUT2D eigenvalue weighted by molar-refractivity contribution is 5.80. The third-order valence-electron chi connectivity index (χ3n) is 7.12. The number of alkyl carbamates (subject to hydrolysis) is 1. The molecule has 0 unspecified atom stereocenters. The van der Waals surface area contributed by atoms with Crippen LogP contribution in [0.1, 0.15) is 68.9 Å². The number of carbonyl (C=O) groups excluding carboxylic acids is 2. The van der Waals surface area contributed by atoms with E-state index in [1.807, 2.05) is 31.2 Å². The van der Waals surface area contributed by atoms with E-state index >= 15 is 0 Å². The average Bonchev–Trinajstić information content (AvgIpc) is 3.16. The largest absolute Gasteiger partial charge is 0.481 e. The molecule has 186 valence electrons. The number of nitrogens with one attached hydrogen (secondary N) is 2. The van der Waals surface area contributed by atoms with E-state index in [1.54, 1.807) is 0 Å². The number of aliphatic carboxylic acids is 1. The number of carboxylic acid groups (broad SMARTS) is 1. The minimum absolute atomic E-state index is 0.00256. The van der Waals surface area contributed by atoms with Gasteiger partial charge in [-0.1, -0.05) is 68.3 Å². The van der Waals surface area contributed by atoms with Crippen LogP contribution in [0.3, 0.4) is 0 Å². The van der Waals surface area contributed by atoms with E-state index < -0.39 is 12.1 Å². The predicted molar refractivity (Wildman–Crippen MR) is 133 cm³/mol. The van der Waals surface area contributed by atoms with Crippen molar-refractivity contribution in [1.82, 2.24) is 10.6 Å². The van der Waals surface area contributed by atoms with Crippen LogP contribution in [0.15, 0.2) is 48.5 Å². The zero-order chi connectivity index (χ0) is 24.8. The molecular weight excluding hydrogens is 444 g/mol. The minimum atomic E-state index is -0.915. The van der Waals surface area contributed by atoms with Crippen molar-refractivity contribution in [2.24, 2.45) is 5.92 Å². The first-order chi connectivity index (χ1) is 17.0. The van der Waals surface area contributed by atoms with Gasteiger partial charge < -0.3 is 20.5 Å². The molecule has 0 saturated heterocycles. The quantitative estimate of drug-likeness (QED) is 0.478. The second kappa shape index (κ2) is 11.4. The number of amides is 2. The zero-order valence-electron chi connectivity index (χ0n) is 20.2. The summed E-state index contributed by atoms with van der Waals surface area (Å²) >= 11 is 0. The van der Waals surface area contributed by atoms with Gasteiger partial charge >= 0.3 is 12.1 Å². The zero-order valence-corrected chi connectivity index (χ0v) is 20.2. The molecule has 0 aliphatic heterocycles. The standard InChI is InChI=1S/C28H34N2O5/c1-2-8-19(16-26(31)32)29-27(33)18-9-7-10-20(15-18)30-28(34)35-17-25-23-13-5-3-11-21(23)22-12-4-6-14-24(22)25/h3-6,11-14,18-20,25H,2,7-10,15-17H2,1H3,(H,29,33)(H,30,34)(H,31,32)/t18-,19+,20+/m1/s1. The number of hydrogen-bond acceptors (Lipinski definition) is 4. The molecule has 3 atom stereocenters. The summed E-state index contributed by atoms with van der Waals surface area (Å²) in [6.45, 7) is 2.22. The lowest BCUT2D eigenvalue weighted by molar-refractivity contribution is -0.138. The number of rotatable bonds is 9. The van der Waals surface area contributed by atoms with Crippen LogP contribution in [0.5, 0.6) is 0 Å².